The van der Waals surface area contributed by atoms with Crippen LogP contribution in [-0.2, 0) is 43.4 Å². The molecule has 2 aliphatic heterocycles. The standard InChI is InChI=1S/C40H42F6N4O6S/c1-3-8-31-38(56-28-21-32(57-23-28)40(44,45)46,12-7-16-50(31)34(51)33-30(39(41,42)43)11-6-15-48-33)36(53)49-17-13-37(24-47,14-18-49)29-10-5-4-9-25(29)22-55-27-19-26(20-27)35(52)54-2/h4-6,9-11,15,21,23,26-27,31H,3,7-8,12-14,16-20,22H2,1-2H3/t26?,27?,31-,38+/m1/s1. The number of ether oxygens (including phenoxy) is 3. The number of hydrogen-bond acceptors (Lipinski definition) is 9. The lowest BCUT2D eigenvalue weighted by molar-refractivity contribution is -0.160. The second kappa shape index (κ2) is 16.7. The molecule has 306 valence electrons. The Morgan fingerprint density at radius 3 is 2.35 bits per heavy atom. The minimum Gasteiger partial charge on any atom is -0.474 e. The number of likely N-dealkylation sites (tertiary alicyclic amines) is 2. The van der Waals surface area contributed by atoms with Gasteiger partial charge in [-0.05, 0) is 61.8 Å². The fourth-order valence-corrected chi connectivity index (χ4v) is 8.93. The third-order valence-corrected chi connectivity index (χ3v) is 12.2. The number of aromatic nitrogens is 1. The highest BCUT2D eigenvalue weighted by Gasteiger charge is 2.57. The van der Waals surface area contributed by atoms with Gasteiger partial charge in [0.15, 0.2) is 0 Å². The molecular formula is C40H42F6N4O6S. The van der Waals surface area contributed by atoms with Crippen molar-refractivity contribution in [2.45, 2.75) is 100 Å². The fourth-order valence-electron chi connectivity index (χ4n) is 8.26. The van der Waals surface area contributed by atoms with Crippen LogP contribution in [0.3, 0.4) is 0 Å². The van der Waals surface area contributed by atoms with E-state index < -0.39 is 57.4 Å². The van der Waals surface area contributed by atoms with E-state index in [9.17, 15) is 41.2 Å². The first-order chi connectivity index (χ1) is 27.1. The first-order valence-corrected chi connectivity index (χ1v) is 19.6. The van der Waals surface area contributed by atoms with Crippen LogP contribution in [0.25, 0.3) is 0 Å². The van der Waals surface area contributed by atoms with Crippen molar-refractivity contribution in [1.82, 2.24) is 14.8 Å². The number of thiophene rings is 1. The highest BCUT2D eigenvalue weighted by molar-refractivity contribution is 7.10. The Morgan fingerprint density at radius 1 is 1.00 bits per heavy atom. The van der Waals surface area contributed by atoms with Crippen LogP contribution in [0, 0.1) is 17.2 Å². The lowest BCUT2D eigenvalue weighted by Gasteiger charge is -2.51. The molecule has 0 unspecified atom stereocenters. The lowest BCUT2D eigenvalue weighted by Crippen LogP contribution is -2.68. The third-order valence-electron chi connectivity index (χ3n) is 11.3. The van der Waals surface area contributed by atoms with Gasteiger partial charge in [-0.3, -0.25) is 19.4 Å². The summed E-state index contributed by atoms with van der Waals surface area (Å²) in [5.41, 5.74) is -3.64. The van der Waals surface area contributed by atoms with Gasteiger partial charge in [-0.1, -0.05) is 37.6 Å². The number of nitrogens with zero attached hydrogens (tertiary/aromatic N) is 4. The van der Waals surface area contributed by atoms with Crippen LogP contribution in [0.2, 0.25) is 0 Å². The number of methoxy groups -OCH3 is 1. The molecule has 1 aliphatic carbocycles. The number of amides is 2. The minimum absolute atomic E-state index is 0.0378. The monoisotopic (exact) mass is 820 g/mol. The summed E-state index contributed by atoms with van der Waals surface area (Å²) in [5.74, 6) is -2.48. The fraction of sp³-hybridized carbons (Fsp3) is 0.525. The summed E-state index contributed by atoms with van der Waals surface area (Å²) in [6.07, 6.45) is -6.83. The highest BCUT2D eigenvalue weighted by atomic mass is 32.1. The van der Waals surface area contributed by atoms with E-state index in [1.54, 1.807) is 13.0 Å². The molecule has 0 N–H and O–H groups in total. The summed E-state index contributed by atoms with van der Waals surface area (Å²) in [7, 11) is 1.34. The molecule has 57 heavy (non-hydrogen) atoms. The molecule has 0 bridgehead atoms. The van der Waals surface area contributed by atoms with Crippen molar-refractivity contribution in [3.8, 4) is 11.8 Å². The van der Waals surface area contributed by atoms with Gasteiger partial charge >= 0.3 is 18.3 Å². The number of esters is 1. The SMILES string of the molecule is CCC[C@H]1N(C(=O)c2ncccc2C(F)(F)F)CCC[C@@]1(Oc1csc(C(F)(F)F)c1)C(=O)N1CCC(C#N)(c2ccccc2COC2CC(C(=O)OC)C2)CC1. The van der Waals surface area contributed by atoms with E-state index in [1.807, 2.05) is 18.2 Å². The van der Waals surface area contributed by atoms with Gasteiger partial charge in [-0.15, -0.1) is 11.3 Å². The number of benzene rings is 1. The molecule has 3 fully saturated rings. The molecule has 4 heterocycles. The molecule has 1 aromatic carbocycles. The average Bonchev–Trinajstić information content (AvgIpc) is 3.66. The Morgan fingerprint density at radius 2 is 1.72 bits per heavy atom. The van der Waals surface area contributed by atoms with E-state index in [1.165, 1.54) is 12.0 Å². The number of halogens is 6. The van der Waals surface area contributed by atoms with Gasteiger partial charge in [0.05, 0.1) is 48.8 Å². The number of piperidine rings is 2. The van der Waals surface area contributed by atoms with E-state index in [2.05, 4.69) is 11.1 Å². The summed E-state index contributed by atoms with van der Waals surface area (Å²) in [6.45, 7) is 1.98. The molecule has 2 amide bonds. The smallest absolute Gasteiger partial charge is 0.425 e. The van der Waals surface area contributed by atoms with Crippen LogP contribution in [-0.4, -0.2) is 77.1 Å². The van der Waals surface area contributed by atoms with Crippen molar-refractivity contribution >= 4 is 29.1 Å². The van der Waals surface area contributed by atoms with Crippen LogP contribution >= 0.6 is 11.3 Å². The van der Waals surface area contributed by atoms with Crippen LogP contribution in [0.5, 0.6) is 5.75 Å². The van der Waals surface area contributed by atoms with Gasteiger partial charge in [-0.2, -0.15) is 31.6 Å². The molecule has 10 nitrogen and oxygen atoms in total. The summed E-state index contributed by atoms with van der Waals surface area (Å²) in [6, 6.07) is 11.2. The summed E-state index contributed by atoms with van der Waals surface area (Å²) < 4.78 is 101. The van der Waals surface area contributed by atoms with Gasteiger partial charge in [0.2, 0.25) is 5.60 Å². The molecular weight excluding hydrogens is 779 g/mol. The van der Waals surface area contributed by atoms with Crippen LogP contribution < -0.4 is 4.74 Å². The Balaban J connectivity index is 1.29. The molecule has 2 atom stereocenters. The van der Waals surface area contributed by atoms with Crippen molar-refractivity contribution in [3.63, 3.8) is 0 Å². The maximum absolute atomic E-state index is 15.0. The maximum atomic E-state index is 15.0. The Hall–Kier alpha value is -4.69. The van der Waals surface area contributed by atoms with E-state index in [0.717, 1.165) is 45.8 Å². The predicted octanol–water partition coefficient (Wildman–Crippen LogP) is 7.96. The number of hydrogen-bond donors (Lipinski definition) is 0. The normalized spacial score (nSPS) is 23.6. The quantitative estimate of drug-likeness (QED) is 0.141. The number of carbonyl (C=O) groups is 3. The molecule has 3 aromatic rings. The van der Waals surface area contributed by atoms with E-state index in [4.69, 9.17) is 14.2 Å². The zero-order valence-electron chi connectivity index (χ0n) is 31.3. The summed E-state index contributed by atoms with van der Waals surface area (Å²) in [4.78, 5) is 46.4. The number of rotatable bonds is 11. The average molecular weight is 821 g/mol. The first kappa shape index (κ1) is 41.9. The van der Waals surface area contributed by atoms with Crippen molar-refractivity contribution in [2.75, 3.05) is 26.7 Å². The van der Waals surface area contributed by atoms with E-state index >= 15 is 4.79 Å². The van der Waals surface area contributed by atoms with Crippen molar-refractivity contribution in [1.29, 1.82) is 5.26 Å². The largest absolute Gasteiger partial charge is 0.474 e. The van der Waals surface area contributed by atoms with Crippen molar-refractivity contribution < 1.29 is 54.9 Å². The highest BCUT2D eigenvalue weighted by Crippen LogP contribution is 2.44. The number of alkyl halides is 6. The number of pyridine rings is 1. The zero-order chi connectivity index (χ0) is 41.2. The third kappa shape index (κ3) is 8.48. The molecule has 0 spiro atoms. The second-order valence-electron chi connectivity index (χ2n) is 14.7. The molecule has 17 heteroatoms. The maximum Gasteiger partial charge on any atom is 0.425 e. The molecule has 1 saturated carbocycles. The van der Waals surface area contributed by atoms with Crippen LogP contribution in [0.1, 0.15) is 90.3 Å². The first-order valence-electron chi connectivity index (χ1n) is 18.7. The van der Waals surface area contributed by atoms with E-state index in [-0.39, 0.29) is 82.1 Å². The van der Waals surface area contributed by atoms with Gasteiger partial charge in [-0.25, -0.2) is 0 Å². The summed E-state index contributed by atoms with van der Waals surface area (Å²) in [5, 5.41) is 11.8. The van der Waals surface area contributed by atoms with Gasteiger partial charge in [0.1, 0.15) is 16.3 Å². The van der Waals surface area contributed by atoms with Crippen molar-refractivity contribution in [2.24, 2.45) is 5.92 Å². The van der Waals surface area contributed by atoms with Crippen LogP contribution in [0.15, 0.2) is 54.0 Å². The zero-order valence-corrected chi connectivity index (χ0v) is 32.1. The van der Waals surface area contributed by atoms with Crippen molar-refractivity contribution in [3.05, 3.63) is 81.3 Å². The lowest BCUT2D eigenvalue weighted by atomic mass is 9.71. The minimum atomic E-state index is -4.92. The Bertz CT molecular complexity index is 1980. The van der Waals surface area contributed by atoms with Gasteiger partial charge in [0, 0.05) is 43.7 Å². The number of carbonyl (C=O) groups excluding carboxylic acids is 3. The molecule has 0 radical (unpaired) electrons. The topological polar surface area (TPSA) is 122 Å². The van der Waals surface area contributed by atoms with E-state index in [0.29, 0.717) is 30.6 Å². The number of nitriles is 1. The second-order valence-corrected chi connectivity index (χ2v) is 15.6. The molecule has 6 rings (SSSR count). The Labute approximate surface area is 329 Å². The Kier molecular flexibility index (Phi) is 12.3. The van der Waals surface area contributed by atoms with Crippen LogP contribution in [0.4, 0.5) is 26.3 Å². The summed E-state index contributed by atoms with van der Waals surface area (Å²) >= 11 is 0.372. The van der Waals surface area contributed by atoms with Gasteiger partial charge < -0.3 is 24.0 Å². The molecule has 3 aliphatic rings. The van der Waals surface area contributed by atoms with Gasteiger partial charge in [0.25, 0.3) is 11.8 Å². The molecule has 2 aromatic heterocycles. The predicted molar refractivity (Wildman–Crippen MR) is 194 cm³/mol. The molecule has 2 saturated heterocycles.